The molecule has 2 aliphatic rings. The number of anilines is 1. The third-order valence-corrected chi connectivity index (χ3v) is 5.09. The Morgan fingerprint density at radius 3 is 2.78 bits per heavy atom. The number of ether oxygens (including phenoxy) is 1. The predicted molar refractivity (Wildman–Crippen MR) is 102 cm³/mol. The van der Waals surface area contributed by atoms with E-state index in [2.05, 4.69) is 17.6 Å². The van der Waals surface area contributed by atoms with Gasteiger partial charge in [-0.05, 0) is 37.5 Å². The maximum atomic E-state index is 12.8. The Morgan fingerprint density at radius 1 is 1.26 bits per heavy atom. The molecular formula is C20H27N3O4. The first-order valence-electron chi connectivity index (χ1n) is 9.72. The van der Waals surface area contributed by atoms with Crippen LogP contribution in [-0.4, -0.2) is 48.9 Å². The van der Waals surface area contributed by atoms with Gasteiger partial charge in [-0.25, -0.2) is 0 Å². The second-order valence-corrected chi connectivity index (χ2v) is 7.11. The molecule has 0 saturated carbocycles. The quantitative estimate of drug-likeness (QED) is 0.748. The van der Waals surface area contributed by atoms with Crippen LogP contribution in [0.4, 0.5) is 5.69 Å². The van der Waals surface area contributed by atoms with Crippen LogP contribution in [-0.2, 0) is 9.59 Å². The molecule has 2 heterocycles. The highest BCUT2D eigenvalue weighted by Gasteiger charge is 2.28. The molecule has 7 heteroatoms. The summed E-state index contributed by atoms with van der Waals surface area (Å²) < 4.78 is 5.32. The van der Waals surface area contributed by atoms with Crippen LogP contribution >= 0.6 is 0 Å². The molecule has 1 aromatic rings. The number of rotatable bonds is 6. The minimum atomic E-state index is -0.224. The lowest BCUT2D eigenvalue weighted by Crippen LogP contribution is -2.43. The van der Waals surface area contributed by atoms with Crippen molar-refractivity contribution in [2.75, 3.05) is 31.6 Å². The molecule has 2 N–H and O–H groups in total. The summed E-state index contributed by atoms with van der Waals surface area (Å²) in [6.45, 7) is 3.98. The number of piperidine rings is 1. The first kappa shape index (κ1) is 19.2. The lowest BCUT2D eigenvalue weighted by molar-refractivity contribution is -0.126. The van der Waals surface area contributed by atoms with Crippen molar-refractivity contribution in [1.82, 2.24) is 10.2 Å². The van der Waals surface area contributed by atoms with Gasteiger partial charge in [0.15, 0.2) is 6.61 Å². The van der Waals surface area contributed by atoms with Crippen molar-refractivity contribution in [1.29, 1.82) is 0 Å². The fourth-order valence-corrected chi connectivity index (χ4v) is 3.47. The molecule has 0 spiro atoms. The summed E-state index contributed by atoms with van der Waals surface area (Å²) in [7, 11) is 0. The highest BCUT2D eigenvalue weighted by Crippen LogP contribution is 2.29. The van der Waals surface area contributed by atoms with Crippen molar-refractivity contribution in [2.24, 2.45) is 5.92 Å². The van der Waals surface area contributed by atoms with E-state index in [0.717, 1.165) is 25.8 Å². The van der Waals surface area contributed by atoms with Gasteiger partial charge < -0.3 is 20.3 Å². The van der Waals surface area contributed by atoms with E-state index in [1.165, 1.54) is 0 Å². The fraction of sp³-hybridized carbons (Fsp3) is 0.550. The molecule has 0 aromatic heterocycles. The SMILES string of the molecule is CCCCCNC(=O)C1CCN(C(=O)c2ccc3c(c2)NC(=O)CO3)CC1. The van der Waals surface area contributed by atoms with Crippen LogP contribution in [0.2, 0.25) is 0 Å². The highest BCUT2D eigenvalue weighted by atomic mass is 16.5. The van der Waals surface area contributed by atoms with E-state index < -0.39 is 0 Å². The standard InChI is InChI=1S/C20H27N3O4/c1-2-3-4-9-21-19(25)14-7-10-23(11-8-14)20(26)15-5-6-17-16(12-15)22-18(24)13-27-17/h5-6,12,14H,2-4,7-11,13H2,1H3,(H,21,25)(H,22,24). The highest BCUT2D eigenvalue weighted by molar-refractivity contribution is 6.00. The number of hydrogen-bond acceptors (Lipinski definition) is 4. The topological polar surface area (TPSA) is 87.7 Å². The molecule has 0 bridgehead atoms. The smallest absolute Gasteiger partial charge is 0.262 e. The Balaban J connectivity index is 1.52. The maximum Gasteiger partial charge on any atom is 0.262 e. The molecule has 1 saturated heterocycles. The molecule has 1 aromatic carbocycles. The number of nitrogens with zero attached hydrogens (tertiary/aromatic N) is 1. The van der Waals surface area contributed by atoms with E-state index in [1.807, 2.05) is 0 Å². The number of fused-ring (bicyclic) bond motifs is 1. The van der Waals surface area contributed by atoms with Gasteiger partial charge in [0.1, 0.15) is 5.75 Å². The van der Waals surface area contributed by atoms with Crippen molar-refractivity contribution < 1.29 is 19.1 Å². The van der Waals surface area contributed by atoms with E-state index in [9.17, 15) is 14.4 Å². The average Bonchev–Trinajstić information content (AvgIpc) is 2.70. The molecule has 0 radical (unpaired) electrons. The molecule has 146 valence electrons. The molecule has 7 nitrogen and oxygen atoms in total. The fourth-order valence-electron chi connectivity index (χ4n) is 3.47. The zero-order chi connectivity index (χ0) is 19.2. The molecule has 3 rings (SSSR count). The lowest BCUT2D eigenvalue weighted by Gasteiger charge is -2.31. The number of benzene rings is 1. The predicted octanol–water partition coefficient (Wildman–Crippen LogP) is 2.18. The van der Waals surface area contributed by atoms with Crippen molar-refractivity contribution in [3.63, 3.8) is 0 Å². The molecule has 3 amide bonds. The van der Waals surface area contributed by atoms with E-state index in [1.54, 1.807) is 23.1 Å². The zero-order valence-corrected chi connectivity index (χ0v) is 15.8. The Hall–Kier alpha value is -2.57. The van der Waals surface area contributed by atoms with Gasteiger partial charge in [-0.3, -0.25) is 14.4 Å². The van der Waals surface area contributed by atoms with Gasteiger partial charge >= 0.3 is 0 Å². The normalized spacial score (nSPS) is 16.9. The van der Waals surface area contributed by atoms with Crippen LogP contribution in [0.25, 0.3) is 0 Å². The molecule has 0 unspecified atom stereocenters. The van der Waals surface area contributed by atoms with Gasteiger partial charge in [0.2, 0.25) is 5.91 Å². The third-order valence-electron chi connectivity index (χ3n) is 5.09. The number of unbranched alkanes of at least 4 members (excludes halogenated alkanes) is 2. The summed E-state index contributed by atoms with van der Waals surface area (Å²) in [4.78, 5) is 38.2. The van der Waals surface area contributed by atoms with Crippen molar-refractivity contribution in [3.8, 4) is 5.75 Å². The first-order valence-corrected chi connectivity index (χ1v) is 9.72. The largest absolute Gasteiger partial charge is 0.482 e. The van der Waals surface area contributed by atoms with E-state index in [-0.39, 0.29) is 30.2 Å². The monoisotopic (exact) mass is 373 g/mol. The number of carbonyl (C=O) groups excluding carboxylic acids is 3. The Kier molecular flexibility index (Phi) is 6.32. The van der Waals surface area contributed by atoms with E-state index in [0.29, 0.717) is 42.9 Å². The minimum Gasteiger partial charge on any atom is -0.482 e. The number of hydrogen-bond donors (Lipinski definition) is 2. The molecule has 27 heavy (non-hydrogen) atoms. The summed E-state index contributed by atoms with van der Waals surface area (Å²) in [5.41, 5.74) is 1.04. The Morgan fingerprint density at radius 2 is 2.04 bits per heavy atom. The molecule has 1 fully saturated rings. The zero-order valence-electron chi connectivity index (χ0n) is 15.8. The Labute approximate surface area is 159 Å². The lowest BCUT2D eigenvalue weighted by atomic mass is 9.95. The number of nitrogens with one attached hydrogen (secondary N) is 2. The van der Waals surface area contributed by atoms with Gasteiger partial charge in [0.05, 0.1) is 5.69 Å². The molecule has 0 atom stereocenters. The minimum absolute atomic E-state index is 0.00564. The van der Waals surface area contributed by atoms with Crippen LogP contribution in [0.3, 0.4) is 0 Å². The van der Waals surface area contributed by atoms with E-state index >= 15 is 0 Å². The van der Waals surface area contributed by atoms with Crippen LogP contribution in [0.5, 0.6) is 5.75 Å². The molecular weight excluding hydrogens is 346 g/mol. The first-order chi connectivity index (χ1) is 13.1. The van der Waals surface area contributed by atoms with Gasteiger partial charge in [-0.1, -0.05) is 19.8 Å². The average molecular weight is 373 g/mol. The summed E-state index contributed by atoms with van der Waals surface area (Å²) >= 11 is 0. The summed E-state index contributed by atoms with van der Waals surface area (Å²) in [6.07, 6.45) is 4.62. The van der Waals surface area contributed by atoms with Crippen LogP contribution in [0.1, 0.15) is 49.4 Å². The van der Waals surface area contributed by atoms with Crippen LogP contribution < -0.4 is 15.4 Å². The van der Waals surface area contributed by atoms with Crippen LogP contribution in [0.15, 0.2) is 18.2 Å². The molecule has 0 aliphatic carbocycles. The Bertz CT molecular complexity index is 711. The van der Waals surface area contributed by atoms with E-state index in [4.69, 9.17) is 4.74 Å². The van der Waals surface area contributed by atoms with Gasteiger partial charge in [-0.2, -0.15) is 0 Å². The third kappa shape index (κ3) is 4.78. The number of amides is 3. The number of likely N-dealkylation sites (tertiary alicyclic amines) is 1. The van der Waals surface area contributed by atoms with Gasteiger partial charge in [0, 0.05) is 31.1 Å². The summed E-state index contributed by atoms with van der Waals surface area (Å²) in [6, 6.07) is 5.07. The van der Waals surface area contributed by atoms with Crippen molar-refractivity contribution >= 4 is 23.4 Å². The van der Waals surface area contributed by atoms with Crippen molar-refractivity contribution in [2.45, 2.75) is 39.0 Å². The molecule has 2 aliphatic heterocycles. The van der Waals surface area contributed by atoms with Crippen molar-refractivity contribution in [3.05, 3.63) is 23.8 Å². The maximum absolute atomic E-state index is 12.8. The second kappa shape index (κ2) is 8.88. The van der Waals surface area contributed by atoms with Gasteiger partial charge in [-0.15, -0.1) is 0 Å². The van der Waals surface area contributed by atoms with Crippen LogP contribution in [0, 0.1) is 5.92 Å². The summed E-state index contributed by atoms with van der Waals surface area (Å²) in [5.74, 6) is 0.348. The summed E-state index contributed by atoms with van der Waals surface area (Å²) in [5, 5.41) is 5.73. The number of carbonyl (C=O) groups is 3. The second-order valence-electron chi connectivity index (χ2n) is 7.11. The van der Waals surface area contributed by atoms with Gasteiger partial charge in [0.25, 0.3) is 11.8 Å².